The van der Waals surface area contributed by atoms with E-state index in [-0.39, 0.29) is 12.5 Å². The van der Waals surface area contributed by atoms with Crippen molar-refractivity contribution in [2.45, 2.75) is 13.8 Å². The lowest BCUT2D eigenvalue weighted by atomic mass is 10.2. The van der Waals surface area contributed by atoms with Crippen molar-refractivity contribution in [1.29, 1.82) is 0 Å². The summed E-state index contributed by atoms with van der Waals surface area (Å²) in [5.41, 5.74) is 2.05. The van der Waals surface area contributed by atoms with Gasteiger partial charge in [0.1, 0.15) is 5.76 Å². The Hall–Kier alpha value is -2.30. The molecule has 0 aliphatic heterocycles. The molecule has 18 heavy (non-hydrogen) atoms. The Balaban J connectivity index is 1.87. The highest BCUT2D eigenvalue weighted by Crippen LogP contribution is 2.12. The van der Waals surface area contributed by atoms with E-state index < -0.39 is 0 Å². The zero-order valence-corrected chi connectivity index (χ0v) is 10.4. The Morgan fingerprint density at radius 2 is 2.11 bits per heavy atom. The van der Waals surface area contributed by atoms with E-state index in [2.05, 4.69) is 15.8 Å². The third kappa shape index (κ3) is 3.10. The quantitative estimate of drug-likeness (QED) is 0.867. The van der Waals surface area contributed by atoms with E-state index in [0.717, 1.165) is 11.3 Å². The minimum absolute atomic E-state index is 0.161. The Morgan fingerprint density at radius 3 is 2.78 bits per heavy atom. The second-order valence-corrected chi connectivity index (χ2v) is 4.04. The molecule has 0 fully saturated rings. The molecule has 0 aliphatic rings. The second-order valence-electron chi connectivity index (χ2n) is 4.04. The molecule has 0 saturated heterocycles. The van der Waals surface area contributed by atoms with Gasteiger partial charge in [-0.05, 0) is 25.5 Å². The number of nitrogens with zero attached hydrogens (tertiary/aromatic N) is 1. The number of benzene rings is 1. The molecule has 2 aromatic rings. The van der Waals surface area contributed by atoms with Crippen LogP contribution in [0.25, 0.3) is 0 Å². The van der Waals surface area contributed by atoms with E-state index in [1.54, 1.807) is 13.0 Å². The number of carbonyl (C=O) groups is 1. The molecule has 2 N–H and O–H groups in total. The summed E-state index contributed by atoms with van der Waals surface area (Å²) in [6.45, 7) is 3.95. The van der Waals surface area contributed by atoms with Crippen molar-refractivity contribution in [1.82, 2.24) is 5.16 Å². The first kappa shape index (κ1) is 12.2. The number of amides is 1. The molecule has 1 aromatic heterocycles. The van der Waals surface area contributed by atoms with Crippen LogP contribution in [0.2, 0.25) is 0 Å². The van der Waals surface area contributed by atoms with Crippen molar-refractivity contribution in [3.8, 4) is 0 Å². The van der Waals surface area contributed by atoms with Crippen LogP contribution < -0.4 is 10.6 Å². The molecule has 94 valence electrons. The summed E-state index contributed by atoms with van der Waals surface area (Å²) in [6, 6.07) is 9.47. The van der Waals surface area contributed by atoms with Gasteiger partial charge in [-0.2, -0.15) is 0 Å². The summed E-state index contributed by atoms with van der Waals surface area (Å²) < 4.78 is 4.86. The van der Waals surface area contributed by atoms with Crippen molar-refractivity contribution in [3.63, 3.8) is 0 Å². The van der Waals surface area contributed by atoms with E-state index >= 15 is 0 Å². The van der Waals surface area contributed by atoms with Crippen molar-refractivity contribution >= 4 is 17.4 Å². The van der Waals surface area contributed by atoms with Crippen LogP contribution in [-0.4, -0.2) is 17.6 Å². The fourth-order valence-corrected chi connectivity index (χ4v) is 1.56. The lowest BCUT2D eigenvalue weighted by Gasteiger charge is -2.08. The summed E-state index contributed by atoms with van der Waals surface area (Å²) in [6.07, 6.45) is 0. The van der Waals surface area contributed by atoms with Gasteiger partial charge in [0, 0.05) is 11.8 Å². The highest BCUT2D eigenvalue weighted by atomic mass is 16.5. The zero-order chi connectivity index (χ0) is 13.0. The number of aryl methyl sites for hydroxylation is 2. The summed E-state index contributed by atoms with van der Waals surface area (Å²) in [7, 11) is 0. The molecule has 5 nitrogen and oxygen atoms in total. The van der Waals surface area contributed by atoms with Gasteiger partial charge >= 0.3 is 0 Å². The fourth-order valence-electron chi connectivity index (χ4n) is 1.56. The van der Waals surface area contributed by atoms with Crippen molar-refractivity contribution in [2.24, 2.45) is 0 Å². The topological polar surface area (TPSA) is 67.2 Å². The van der Waals surface area contributed by atoms with Crippen LogP contribution in [0, 0.1) is 13.8 Å². The number of anilines is 2. The van der Waals surface area contributed by atoms with Crippen LogP contribution in [0.3, 0.4) is 0 Å². The molecule has 0 aliphatic carbocycles. The molecule has 0 unspecified atom stereocenters. The van der Waals surface area contributed by atoms with Crippen LogP contribution in [0.4, 0.5) is 11.5 Å². The summed E-state index contributed by atoms with van der Waals surface area (Å²) in [5, 5.41) is 9.41. The highest BCUT2D eigenvalue weighted by molar-refractivity contribution is 5.92. The van der Waals surface area contributed by atoms with Gasteiger partial charge in [-0.3, -0.25) is 4.79 Å². The molecule has 0 saturated carbocycles. The zero-order valence-electron chi connectivity index (χ0n) is 10.4. The maximum atomic E-state index is 11.7. The molecule has 5 heteroatoms. The molecule has 0 atom stereocenters. The van der Waals surface area contributed by atoms with Crippen molar-refractivity contribution in [2.75, 3.05) is 17.2 Å². The van der Waals surface area contributed by atoms with Gasteiger partial charge in [0.2, 0.25) is 5.91 Å². The van der Waals surface area contributed by atoms with Crippen LogP contribution in [0.1, 0.15) is 11.3 Å². The number of rotatable bonds is 4. The summed E-state index contributed by atoms with van der Waals surface area (Å²) >= 11 is 0. The molecule has 1 heterocycles. The van der Waals surface area contributed by atoms with Crippen LogP contribution in [0.15, 0.2) is 34.9 Å². The first-order valence-corrected chi connectivity index (χ1v) is 5.68. The van der Waals surface area contributed by atoms with Crippen molar-refractivity contribution < 1.29 is 9.32 Å². The van der Waals surface area contributed by atoms with Crippen LogP contribution in [-0.2, 0) is 4.79 Å². The SMILES string of the molecule is Cc1cc(NC(=O)CNc2ccccc2C)no1. The maximum Gasteiger partial charge on any atom is 0.244 e. The van der Waals surface area contributed by atoms with Gasteiger partial charge in [-0.25, -0.2) is 0 Å². The van der Waals surface area contributed by atoms with E-state index in [9.17, 15) is 4.79 Å². The van der Waals surface area contributed by atoms with E-state index in [0.29, 0.717) is 11.6 Å². The fraction of sp³-hybridized carbons (Fsp3) is 0.231. The lowest BCUT2D eigenvalue weighted by Crippen LogP contribution is -2.22. The molecule has 0 bridgehead atoms. The van der Waals surface area contributed by atoms with Gasteiger partial charge in [0.15, 0.2) is 5.82 Å². The largest absolute Gasteiger partial charge is 0.376 e. The smallest absolute Gasteiger partial charge is 0.244 e. The summed E-state index contributed by atoms with van der Waals surface area (Å²) in [4.78, 5) is 11.7. The van der Waals surface area contributed by atoms with Crippen LogP contribution in [0.5, 0.6) is 0 Å². The predicted molar refractivity (Wildman–Crippen MR) is 69.5 cm³/mol. The highest BCUT2D eigenvalue weighted by Gasteiger charge is 2.06. The molecule has 1 aromatic carbocycles. The Labute approximate surface area is 105 Å². The molecule has 1 amide bonds. The molecule has 2 rings (SSSR count). The predicted octanol–water partition coefficient (Wildman–Crippen LogP) is 2.34. The number of nitrogens with one attached hydrogen (secondary N) is 2. The lowest BCUT2D eigenvalue weighted by molar-refractivity contribution is -0.114. The first-order valence-electron chi connectivity index (χ1n) is 5.68. The standard InChI is InChI=1S/C13H15N3O2/c1-9-5-3-4-6-11(9)14-8-13(17)15-12-7-10(2)18-16-12/h3-7,14H,8H2,1-2H3,(H,15,16,17). The van der Waals surface area contributed by atoms with E-state index in [4.69, 9.17) is 4.52 Å². The summed E-state index contributed by atoms with van der Waals surface area (Å²) in [5.74, 6) is 0.938. The average Bonchev–Trinajstić information content (AvgIpc) is 2.74. The number of para-hydroxylation sites is 1. The minimum atomic E-state index is -0.161. The van der Waals surface area contributed by atoms with Gasteiger partial charge in [0.05, 0.1) is 6.54 Å². The molecule has 0 radical (unpaired) electrons. The molecular formula is C13H15N3O2. The van der Waals surface area contributed by atoms with E-state index in [1.807, 2.05) is 31.2 Å². The third-order valence-corrected chi connectivity index (χ3v) is 2.48. The second kappa shape index (κ2) is 5.35. The van der Waals surface area contributed by atoms with Gasteiger partial charge in [0.25, 0.3) is 0 Å². The Morgan fingerprint density at radius 1 is 1.33 bits per heavy atom. The monoisotopic (exact) mass is 245 g/mol. The van der Waals surface area contributed by atoms with Gasteiger partial charge in [-0.1, -0.05) is 23.4 Å². The number of hydrogen-bond donors (Lipinski definition) is 2. The third-order valence-electron chi connectivity index (χ3n) is 2.48. The van der Waals surface area contributed by atoms with E-state index in [1.165, 1.54) is 0 Å². The Bertz CT molecular complexity index is 549. The molecule has 0 spiro atoms. The number of aromatic nitrogens is 1. The number of hydrogen-bond acceptors (Lipinski definition) is 4. The number of carbonyl (C=O) groups excluding carboxylic acids is 1. The average molecular weight is 245 g/mol. The van der Waals surface area contributed by atoms with Crippen molar-refractivity contribution in [3.05, 3.63) is 41.7 Å². The Kier molecular flexibility index (Phi) is 3.62. The minimum Gasteiger partial charge on any atom is -0.376 e. The first-order chi connectivity index (χ1) is 8.65. The normalized spacial score (nSPS) is 10.1. The maximum absolute atomic E-state index is 11.7. The molecular weight excluding hydrogens is 230 g/mol. The van der Waals surface area contributed by atoms with Gasteiger partial charge in [-0.15, -0.1) is 0 Å². The van der Waals surface area contributed by atoms with Crippen LogP contribution >= 0.6 is 0 Å². The van der Waals surface area contributed by atoms with Gasteiger partial charge < -0.3 is 15.2 Å².